The number of carbonyl (C=O) groups is 1. The summed E-state index contributed by atoms with van der Waals surface area (Å²) in [5.74, 6) is 0.233. The number of rotatable bonds is 2. The zero-order chi connectivity index (χ0) is 13.6. The van der Waals surface area contributed by atoms with E-state index in [1.165, 1.54) is 0 Å². The Labute approximate surface area is 110 Å². The van der Waals surface area contributed by atoms with Crippen LogP contribution in [0.15, 0.2) is 34.9 Å². The minimum atomic E-state index is -0.126. The molecule has 3 aromatic rings. The van der Waals surface area contributed by atoms with Crippen molar-refractivity contribution < 1.29 is 9.21 Å². The molecule has 4 heteroatoms. The molecule has 0 amide bonds. The second-order valence-electron chi connectivity index (χ2n) is 4.78. The fraction of sp³-hybridized carbons (Fsp3) is 0.200. The molecule has 0 saturated heterocycles. The Kier molecular flexibility index (Phi) is 2.52. The number of ketones is 1. The lowest BCUT2D eigenvalue weighted by molar-refractivity contribution is 0.101. The van der Waals surface area contributed by atoms with Crippen LogP contribution in [0.1, 0.15) is 27.4 Å². The molecule has 2 heterocycles. The predicted molar refractivity (Wildman–Crippen MR) is 72.3 cm³/mol. The van der Waals surface area contributed by atoms with Gasteiger partial charge in [-0.3, -0.25) is 9.48 Å². The molecule has 0 saturated carbocycles. The van der Waals surface area contributed by atoms with Crippen molar-refractivity contribution in [3.63, 3.8) is 0 Å². The van der Waals surface area contributed by atoms with Gasteiger partial charge in [0.05, 0.1) is 11.3 Å². The maximum atomic E-state index is 12.4. The molecule has 96 valence electrons. The number of nitrogens with zero attached hydrogens (tertiary/aromatic N) is 2. The third-order valence-electron chi connectivity index (χ3n) is 3.15. The fourth-order valence-electron chi connectivity index (χ4n) is 2.23. The molecule has 19 heavy (non-hydrogen) atoms. The number of hydrogen-bond acceptors (Lipinski definition) is 3. The van der Waals surface area contributed by atoms with Crippen molar-refractivity contribution in [1.29, 1.82) is 0 Å². The van der Waals surface area contributed by atoms with Gasteiger partial charge in [0.25, 0.3) is 0 Å². The van der Waals surface area contributed by atoms with E-state index in [2.05, 4.69) is 5.10 Å². The van der Waals surface area contributed by atoms with Gasteiger partial charge in [0.15, 0.2) is 5.76 Å². The van der Waals surface area contributed by atoms with Crippen LogP contribution >= 0.6 is 0 Å². The molecule has 3 rings (SSSR count). The summed E-state index contributed by atoms with van der Waals surface area (Å²) in [6, 6.07) is 7.65. The largest absolute Gasteiger partial charge is 0.453 e. The normalized spacial score (nSPS) is 11.1. The first-order chi connectivity index (χ1) is 9.04. The molecule has 0 aliphatic heterocycles. The minimum absolute atomic E-state index is 0.126. The van der Waals surface area contributed by atoms with E-state index < -0.39 is 0 Å². The number of aryl methyl sites for hydroxylation is 3. The number of hydrogen-bond donors (Lipinski definition) is 0. The highest BCUT2D eigenvalue weighted by molar-refractivity contribution is 6.09. The Morgan fingerprint density at radius 3 is 2.74 bits per heavy atom. The molecule has 0 radical (unpaired) electrons. The topological polar surface area (TPSA) is 48.0 Å². The van der Waals surface area contributed by atoms with Gasteiger partial charge in [-0.05, 0) is 32.0 Å². The van der Waals surface area contributed by atoms with Gasteiger partial charge >= 0.3 is 0 Å². The van der Waals surface area contributed by atoms with E-state index >= 15 is 0 Å². The first-order valence-electron chi connectivity index (χ1n) is 6.10. The molecule has 1 aromatic carbocycles. The highest BCUT2D eigenvalue weighted by Gasteiger charge is 2.18. The van der Waals surface area contributed by atoms with Crippen LogP contribution in [0, 0.1) is 13.8 Å². The average Bonchev–Trinajstić information content (AvgIpc) is 2.91. The molecule has 0 atom stereocenters. The summed E-state index contributed by atoms with van der Waals surface area (Å²) in [7, 11) is 1.80. The van der Waals surface area contributed by atoms with Crippen LogP contribution in [-0.4, -0.2) is 15.6 Å². The van der Waals surface area contributed by atoms with Gasteiger partial charge in [-0.1, -0.05) is 11.6 Å². The summed E-state index contributed by atoms with van der Waals surface area (Å²) in [6.07, 6.45) is 1.72. The molecule has 0 aliphatic rings. The van der Waals surface area contributed by atoms with Crippen molar-refractivity contribution in [2.24, 2.45) is 7.05 Å². The van der Waals surface area contributed by atoms with Crippen LogP contribution in [0.2, 0.25) is 0 Å². The maximum absolute atomic E-state index is 12.4. The van der Waals surface area contributed by atoms with Crippen LogP contribution < -0.4 is 0 Å². The summed E-state index contributed by atoms with van der Waals surface area (Å²) in [5, 5.41) is 5.13. The van der Waals surface area contributed by atoms with Gasteiger partial charge in [0, 0.05) is 18.6 Å². The van der Waals surface area contributed by atoms with Gasteiger partial charge < -0.3 is 4.42 Å². The van der Waals surface area contributed by atoms with Crippen molar-refractivity contribution >= 4 is 16.8 Å². The number of fused-ring (bicyclic) bond motifs is 1. The van der Waals surface area contributed by atoms with Crippen LogP contribution in [-0.2, 0) is 7.05 Å². The molecule has 2 aromatic heterocycles. The van der Waals surface area contributed by atoms with Gasteiger partial charge in [0.1, 0.15) is 5.58 Å². The zero-order valence-corrected chi connectivity index (χ0v) is 11.1. The van der Waals surface area contributed by atoms with Gasteiger partial charge in [-0.15, -0.1) is 0 Å². The number of carbonyl (C=O) groups excluding carboxylic acids is 1. The molecule has 0 fully saturated rings. The molecular weight excluding hydrogens is 240 g/mol. The first kappa shape index (κ1) is 11.7. The average molecular weight is 254 g/mol. The lowest BCUT2D eigenvalue weighted by Gasteiger charge is -1.93. The molecule has 0 N–H and O–H groups in total. The Morgan fingerprint density at radius 1 is 1.26 bits per heavy atom. The summed E-state index contributed by atoms with van der Waals surface area (Å²) in [6.45, 7) is 3.83. The van der Waals surface area contributed by atoms with E-state index in [-0.39, 0.29) is 5.78 Å². The molecule has 0 bridgehead atoms. The molecule has 0 spiro atoms. The van der Waals surface area contributed by atoms with Gasteiger partial charge in [0.2, 0.25) is 5.78 Å². The third-order valence-corrected chi connectivity index (χ3v) is 3.15. The van der Waals surface area contributed by atoms with Gasteiger partial charge in [-0.2, -0.15) is 5.10 Å². The Hall–Kier alpha value is -2.36. The van der Waals surface area contributed by atoms with Crippen molar-refractivity contribution in [3.8, 4) is 0 Å². The SMILES string of the molecule is Cc1ccc2oc(C(=O)c3cn(C)nc3C)cc2c1. The highest BCUT2D eigenvalue weighted by Crippen LogP contribution is 2.23. The van der Waals surface area contributed by atoms with Crippen molar-refractivity contribution in [2.45, 2.75) is 13.8 Å². The zero-order valence-electron chi connectivity index (χ0n) is 11.1. The first-order valence-corrected chi connectivity index (χ1v) is 6.10. The second kappa shape index (κ2) is 4.09. The quantitative estimate of drug-likeness (QED) is 0.660. The summed E-state index contributed by atoms with van der Waals surface area (Å²) in [4.78, 5) is 12.4. The lowest BCUT2D eigenvalue weighted by Crippen LogP contribution is -1.99. The highest BCUT2D eigenvalue weighted by atomic mass is 16.3. The van der Waals surface area contributed by atoms with Crippen molar-refractivity contribution in [2.75, 3.05) is 0 Å². The predicted octanol–water partition coefficient (Wildman–Crippen LogP) is 3.01. The van der Waals surface area contributed by atoms with E-state index in [0.29, 0.717) is 17.0 Å². The molecule has 0 unspecified atom stereocenters. The summed E-state index contributed by atoms with van der Waals surface area (Å²) in [5.41, 5.74) is 3.17. The third kappa shape index (κ3) is 1.95. The fourth-order valence-corrected chi connectivity index (χ4v) is 2.23. The van der Waals surface area contributed by atoms with E-state index in [1.807, 2.05) is 32.0 Å². The minimum Gasteiger partial charge on any atom is -0.453 e. The standard InChI is InChI=1S/C15H14N2O2/c1-9-4-5-13-11(6-9)7-14(19-13)15(18)12-8-17(3)16-10(12)2/h4-8H,1-3H3. The Morgan fingerprint density at radius 2 is 2.05 bits per heavy atom. The van der Waals surface area contributed by atoms with Crippen LogP contribution in [0.4, 0.5) is 0 Å². The Balaban J connectivity index is 2.09. The lowest BCUT2D eigenvalue weighted by atomic mass is 10.1. The number of benzene rings is 1. The van der Waals surface area contributed by atoms with E-state index in [4.69, 9.17) is 4.42 Å². The van der Waals surface area contributed by atoms with E-state index in [9.17, 15) is 4.79 Å². The van der Waals surface area contributed by atoms with E-state index in [1.54, 1.807) is 24.0 Å². The van der Waals surface area contributed by atoms with Crippen molar-refractivity contribution in [1.82, 2.24) is 9.78 Å². The molecular formula is C15H14N2O2. The van der Waals surface area contributed by atoms with Crippen LogP contribution in [0.3, 0.4) is 0 Å². The second-order valence-corrected chi connectivity index (χ2v) is 4.78. The molecule has 0 aliphatic carbocycles. The van der Waals surface area contributed by atoms with E-state index in [0.717, 1.165) is 16.5 Å². The monoisotopic (exact) mass is 254 g/mol. The Bertz CT molecular complexity index is 781. The van der Waals surface area contributed by atoms with Crippen LogP contribution in [0.25, 0.3) is 11.0 Å². The summed E-state index contributed by atoms with van der Waals surface area (Å²) < 4.78 is 7.25. The van der Waals surface area contributed by atoms with Crippen LogP contribution in [0.5, 0.6) is 0 Å². The maximum Gasteiger partial charge on any atom is 0.231 e. The summed E-state index contributed by atoms with van der Waals surface area (Å²) >= 11 is 0. The van der Waals surface area contributed by atoms with Gasteiger partial charge in [-0.25, -0.2) is 0 Å². The van der Waals surface area contributed by atoms with Crippen molar-refractivity contribution in [3.05, 3.63) is 53.0 Å². The molecule has 4 nitrogen and oxygen atoms in total. The number of furan rings is 1. The smallest absolute Gasteiger partial charge is 0.231 e. The number of aromatic nitrogens is 2.